The summed E-state index contributed by atoms with van der Waals surface area (Å²) < 4.78 is 2.53. The van der Waals surface area contributed by atoms with E-state index in [1.54, 1.807) is 6.07 Å². The van der Waals surface area contributed by atoms with Gasteiger partial charge in [0.15, 0.2) is 0 Å². The number of hydrogen-bond acceptors (Lipinski definition) is 2. The maximum atomic E-state index is 10.2. The van der Waals surface area contributed by atoms with Crippen molar-refractivity contribution in [1.82, 2.24) is 0 Å². The molecule has 1 atom stereocenters. The lowest BCUT2D eigenvalue weighted by Gasteiger charge is -2.11. The molecular weight excluding hydrogens is 375 g/mol. The molecule has 1 unspecified atom stereocenters. The van der Waals surface area contributed by atoms with Crippen LogP contribution in [0.2, 0.25) is 4.34 Å². The second-order valence-electron chi connectivity index (χ2n) is 3.21. The normalized spacial score (nSPS) is 12.8. The summed E-state index contributed by atoms with van der Waals surface area (Å²) in [5.74, 6) is 0. The molecule has 1 nitrogen and oxygen atoms in total. The molecule has 16 heavy (non-hydrogen) atoms. The molecule has 2 rings (SSSR count). The Morgan fingerprint density at radius 1 is 1.19 bits per heavy atom. The molecule has 1 heterocycles. The van der Waals surface area contributed by atoms with Crippen molar-refractivity contribution >= 4 is 54.8 Å². The van der Waals surface area contributed by atoms with Crippen molar-refractivity contribution in [2.24, 2.45) is 0 Å². The fourth-order valence-electron chi connectivity index (χ4n) is 1.35. The van der Waals surface area contributed by atoms with Crippen LogP contribution in [-0.4, -0.2) is 5.11 Å². The van der Waals surface area contributed by atoms with Crippen LogP contribution in [0.5, 0.6) is 0 Å². The summed E-state index contributed by atoms with van der Waals surface area (Å²) in [6.07, 6.45) is -0.639. The van der Waals surface area contributed by atoms with E-state index in [1.165, 1.54) is 11.3 Å². The molecule has 0 bridgehead atoms. The van der Waals surface area contributed by atoms with Crippen LogP contribution in [0.4, 0.5) is 0 Å². The smallest absolute Gasteiger partial charge is 0.114 e. The van der Waals surface area contributed by atoms with Gasteiger partial charge < -0.3 is 5.11 Å². The Hall–Kier alpha value is 0.130. The number of benzene rings is 1. The lowest BCUT2D eigenvalue weighted by atomic mass is 10.1. The third kappa shape index (κ3) is 2.68. The minimum Gasteiger partial charge on any atom is -0.383 e. The fourth-order valence-corrected chi connectivity index (χ4v) is 3.68. The first-order valence-electron chi connectivity index (χ1n) is 4.46. The summed E-state index contributed by atoms with van der Waals surface area (Å²) in [4.78, 5) is 0.841. The zero-order valence-corrected chi connectivity index (χ0v) is 12.7. The first-order chi connectivity index (χ1) is 7.58. The van der Waals surface area contributed by atoms with E-state index in [0.717, 1.165) is 19.4 Å². The molecule has 0 radical (unpaired) electrons. The molecule has 0 saturated carbocycles. The van der Waals surface area contributed by atoms with Crippen molar-refractivity contribution in [3.8, 4) is 0 Å². The number of thiophene rings is 1. The van der Waals surface area contributed by atoms with Gasteiger partial charge in [0, 0.05) is 19.4 Å². The van der Waals surface area contributed by atoms with E-state index in [9.17, 15) is 5.11 Å². The monoisotopic (exact) mass is 380 g/mol. The zero-order chi connectivity index (χ0) is 11.7. The van der Waals surface area contributed by atoms with Crippen LogP contribution >= 0.6 is 54.8 Å². The van der Waals surface area contributed by atoms with Crippen molar-refractivity contribution in [1.29, 1.82) is 0 Å². The van der Waals surface area contributed by atoms with Gasteiger partial charge in [0.25, 0.3) is 0 Å². The van der Waals surface area contributed by atoms with Crippen molar-refractivity contribution in [2.75, 3.05) is 0 Å². The summed E-state index contributed by atoms with van der Waals surface area (Å²) in [6, 6.07) is 9.32. The highest BCUT2D eigenvalue weighted by atomic mass is 79.9. The van der Waals surface area contributed by atoms with Crippen molar-refractivity contribution in [2.45, 2.75) is 6.10 Å². The number of aliphatic hydroxyl groups is 1. The van der Waals surface area contributed by atoms with E-state index in [0.29, 0.717) is 4.34 Å². The molecule has 1 aromatic carbocycles. The molecule has 0 saturated heterocycles. The first kappa shape index (κ1) is 12.6. The van der Waals surface area contributed by atoms with Gasteiger partial charge in [-0.25, -0.2) is 0 Å². The lowest BCUT2D eigenvalue weighted by Crippen LogP contribution is -1.97. The standard InChI is InChI=1S/C11H7Br2ClOS/c12-6-1-2-7(8(13)5-6)11(15)9-3-4-10(14)16-9/h1-5,11,15H. The van der Waals surface area contributed by atoms with E-state index >= 15 is 0 Å². The molecule has 1 N–H and O–H groups in total. The van der Waals surface area contributed by atoms with Gasteiger partial charge in [0.05, 0.1) is 4.34 Å². The Morgan fingerprint density at radius 3 is 2.50 bits per heavy atom. The summed E-state index contributed by atoms with van der Waals surface area (Å²) in [7, 11) is 0. The molecule has 1 aromatic heterocycles. The van der Waals surface area contributed by atoms with Crippen molar-refractivity contribution < 1.29 is 5.11 Å². The van der Waals surface area contributed by atoms with Crippen LogP contribution in [0, 0.1) is 0 Å². The Bertz CT molecular complexity index is 512. The second kappa shape index (κ2) is 5.19. The van der Waals surface area contributed by atoms with E-state index in [4.69, 9.17) is 11.6 Å². The third-order valence-corrected chi connectivity index (χ3v) is 4.58. The summed E-state index contributed by atoms with van der Waals surface area (Å²) >= 11 is 14.0. The van der Waals surface area contributed by atoms with Gasteiger partial charge >= 0.3 is 0 Å². The van der Waals surface area contributed by atoms with Crippen LogP contribution in [0.25, 0.3) is 0 Å². The number of aliphatic hydroxyl groups excluding tert-OH is 1. The number of hydrogen-bond donors (Lipinski definition) is 1. The molecule has 0 aliphatic rings. The molecule has 0 spiro atoms. The molecule has 84 valence electrons. The predicted molar refractivity (Wildman–Crippen MR) is 75.2 cm³/mol. The maximum Gasteiger partial charge on any atom is 0.114 e. The minimum absolute atomic E-state index is 0.639. The number of rotatable bonds is 2. The quantitative estimate of drug-likeness (QED) is 0.774. The van der Waals surface area contributed by atoms with E-state index in [-0.39, 0.29) is 0 Å². The van der Waals surface area contributed by atoms with Crippen molar-refractivity contribution in [3.63, 3.8) is 0 Å². The number of halogens is 3. The average molecular weight is 383 g/mol. The molecule has 2 aromatic rings. The highest BCUT2D eigenvalue weighted by Crippen LogP contribution is 2.35. The molecular formula is C11H7Br2ClOS. The Kier molecular flexibility index (Phi) is 4.08. The van der Waals surface area contributed by atoms with Crippen LogP contribution in [0.1, 0.15) is 16.5 Å². The van der Waals surface area contributed by atoms with E-state index < -0.39 is 6.10 Å². The maximum absolute atomic E-state index is 10.2. The fraction of sp³-hybridized carbons (Fsp3) is 0.0909. The highest BCUT2D eigenvalue weighted by Gasteiger charge is 2.15. The SMILES string of the molecule is OC(c1ccc(Cl)s1)c1ccc(Br)cc1Br. The molecule has 0 amide bonds. The molecule has 0 aliphatic heterocycles. The van der Waals surface area contributed by atoms with E-state index in [1.807, 2.05) is 24.3 Å². The lowest BCUT2D eigenvalue weighted by molar-refractivity contribution is 0.223. The van der Waals surface area contributed by atoms with Crippen LogP contribution in [0.15, 0.2) is 39.3 Å². The van der Waals surface area contributed by atoms with Gasteiger partial charge in [0.2, 0.25) is 0 Å². The predicted octanol–water partition coefficient (Wildman–Crippen LogP) is 5.01. The Morgan fingerprint density at radius 2 is 1.94 bits per heavy atom. The van der Waals surface area contributed by atoms with Gasteiger partial charge in [-0.3, -0.25) is 0 Å². The van der Waals surface area contributed by atoms with Gasteiger partial charge in [0.1, 0.15) is 6.10 Å². The summed E-state index contributed by atoms with van der Waals surface area (Å²) in [6.45, 7) is 0. The van der Waals surface area contributed by atoms with E-state index in [2.05, 4.69) is 31.9 Å². The van der Waals surface area contributed by atoms with Crippen molar-refractivity contribution in [3.05, 3.63) is 54.1 Å². The Balaban J connectivity index is 2.37. The molecule has 5 heteroatoms. The second-order valence-corrected chi connectivity index (χ2v) is 6.73. The highest BCUT2D eigenvalue weighted by molar-refractivity contribution is 9.11. The first-order valence-corrected chi connectivity index (χ1v) is 7.24. The van der Waals surface area contributed by atoms with Crippen LogP contribution in [0.3, 0.4) is 0 Å². The topological polar surface area (TPSA) is 20.2 Å². The van der Waals surface area contributed by atoms with Crippen LogP contribution < -0.4 is 0 Å². The molecule has 0 aliphatic carbocycles. The zero-order valence-electron chi connectivity index (χ0n) is 7.95. The average Bonchev–Trinajstić information content (AvgIpc) is 2.64. The largest absolute Gasteiger partial charge is 0.383 e. The molecule has 0 fully saturated rings. The summed E-state index contributed by atoms with van der Waals surface area (Å²) in [5.41, 5.74) is 0.835. The van der Waals surface area contributed by atoms with Gasteiger partial charge in [-0.05, 0) is 24.3 Å². The summed E-state index contributed by atoms with van der Waals surface area (Å²) in [5, 5.41) is 10.2. The van der Waals surface area contributed by atoms with Crippen LogP contribution in [-0.2, 0) is 0 Å². The van der Waals surface area contributed by atoms with Gasteiger partial charge in [-0.1, -0.05) is 49.5 Å². The Labute approximate surface area is 119 Å². The van der Waals surface area contributed by atoms with Gasteiger partial charge in [-0.15, -0.1) is 11.3 Å². The third-order valence-electron chi connectivity index (χ3n) is 2.12. The minimum atomic E-state index is -0.639. The van der Waals surface area contributed by atoms with Gasteiger partial charge in [-0.2, -0.15) is 0 Å².